The second-order valence-corrected chi connectivity index (χ2v) is 6.18. The zero-order valence-electron chi connectivity index (χ0n) is 11.0. The lowest BCUT2D eigenvalue weighted by molar-refractivity contribution is -0.0976. The molecule has 0 aromatic heterocycles. The molecule has 4 heteroatoms. The number of nitrogens with one attached hydrogen (secondary N) is 1. The number of hydrogen-bond acceptors (Lipinski definition) is 2. The lowest BCUT2D eigenvalue weighted by Gasteiger charge is -2.52. The SMILES string of the molecule is CCOC1CC(Nc2cc(F)ccc2Br)C1(C)C. The molecule has 0 heterocycles. The summed E-state index contributed by atoms with van der Waals surface area (Å²) in [5.74, 6) is -0.223. The van der Waals surface area contributed by atoms with Gasteiger partial charge >= 0.3 is 0 Å². The molecule has 2 rings (SSSR count). The number of benzene rings is 1. The fourth-order valence-corrected chi connectivity index (χ4v) is 2.77. The van der Waals surface area contributed by atoms with E-state index in [2.05, 4.69) is 35.1 Å². The Morgan fingerprint density at radius 1 is 1.50 bits per heavy atom. The molecule has 1 fully saturated rings. The second kappa shape index (κ2) is 5.17. The molecule has 1 aromatic rings. The third-order valence-electron chi connectivity index (χ3n) is 3.80. The summed E-state index contributed by atoms with van der Waals surface area (Å²) in [4.78, 5) is 0. The minimum Gasteiger partial charge on any atom is -0.381 e. The molecule has 1 aromatic carbocycles. The highest BCUT2D eigenvalue weighted by molar-refractivity contribution is 9.10. The molecule has 1 saturated carbocycles. The first kappa shape index (κ1) is 13.8. The molecule has 1 aliphatic rings. The van der Waals surface area contributed by atoms with Crippen molar-refractivity contribution in [1.82, 2.24) is 0 Å². The molecular formula is C14H19BrFNO. The van der Waals surface area contributed by atoms with Crippen molar-refractivity contribution in [3.8, 4) is 0 Å². The summed E-state index contributed by atoms with van der Waals surface area (Å²) in [7, 11) is 0. The first-order valence-corrected chi connectivity index (χ1v) is 7.07. The maximum atomic E-state index is 13.2. The molecular weight excluding hydrogens is 297 g/mol. The molecule has 0 amide bonds. The maximum Gasteiger partial charge on any atom is 0.125 e. The van der Waals surface area contributed by atoms with Crippen molar-refractivity contribution in [2.24, 2.45) is 5.41 Å². The first-order valence-electron chi connectivity index (χ1n) is 6.28. The number of hydrogen-bond donors (Lipinski definition) is 1. The molecule has 0 saturated heterocycles. The van der Waals surface area contributed by atoms with E-state index in [4.69, 9.17) is 4.74 Å². The van der Waals surface area contributed by atoms with Crippen LogP contribution in [0.4, 0.5) is 10.1 Å². The van der Waals surface area contributed by atoms with Crippen molar-refractivity contribution in [2.75, 3.05) is 11.9 Å². The quantitative estimate of drug-likeness (QED) is 0.899. The molecule has 100 valence electrons. The van der Waals surface area contributed by atoms with Gasteiger partial charge in [-0.1, -0.05) is 13.8 Å². The van der Waals surface area contributed by atoms with Crippen LogP contribution in [-0.2, 0) is 4.74 Å². The van der Waals surface area contributed by atoms with E-state index < -0.39 is 0 Å². The topological polar surface area (TPSA) is 21.3 Å². The van der Waals surface area contributed by atoms with E-state index >= 15 is 0 Å². The summed E-state index contributed by atoms with van der Waals surface area (Å²) < 4.78 is 19.8. The molecule has 0 spiro atoms. The standard InChI is InChI=1S/C14H19BrFNO/c1-4-18-13-8-12(14(13,2)3)17-11-7-9(16)5-6-10(11)15/h5-7,12-13,17H,4,8H2,1-3H3. The predicted molar refractivity (Wildman–Crippen MR) is 75.3 cm³/mol. The van der Waals surface area contributed by atoms with E-state index in [9.17, 15) is 4.39 Å². The van der Waals surface area contributed by atoms with E-state index in [1.54, 1.807) is 6.07 Å². The van der Waals surface area contributed by atoms with E-state index in [1.165, 1.54) is 12.1 Å². The summed E-state index contributed by atoms with van der Waals surface area (Å²) >= 11 is 3.44. The van der Waals surface area contributed by atoms with Crippen LogP contribution in [0.25, 0.3) is 0 Å². The van der Waals surface area contributed by atoms with Gasteiger partial charge in [-0.05, 0) is 47.5 Å². The summed E-state index contributed by atoms with van der Waals surface area (Å²) in [5, 5.41) is 3.40. The Bertz CT molecular complexity index is 436. The van der Waals surface area contributed by atoms with Crippen molar-refractivity contribution < 1.29 is 9.13 Å². The van der Waals surface area contributed by atoms with Crippen LogP contribution in [0.15, 0.2) is 22.7 Å². The Morgan fingerprint density at radius 3 is 2.83 bits per heavy atom. The Hall–Kier alpha value is -0.610. The van der Waals surface area contributed by atoms with E-state index in [0.717, 1.165) is 23.2 Å². The van der Waals surface area contributed by atoms with Crippen LogP contribution < -0.4 is 5.32 Å². The first-order chi connectivity index (χ1) is 8.45. The monoisotopic (exact) mass is 315 g/mol. The normalized spacial score (nSPS) is 25.6. The predicted octanol–water partition coefficient (Wildman–Crippen LogP) is 4.20. The van der Waals surface area contributed by atoms with Crippen molar-refractivity contribution in [3.05, 3.63) is 28.5 Å². The lowest BCUT2D eigenvalue weighted by Crippen LogP contribution is -2.58. The van der Waals surface area contributed by atoms with Crippen LogP contribution in [0.5, 0.6) is 0 Å². The molecule has 1 aliphatic carbocycles. The van der Waals surface area contributed by atoms with Crippen LogP contribution in [0.1, 0.15) is 27.2 Å². The second-order valence-electron chi connectivity index (χ2n) is 5.32. The van der Waals surface area contributed by atoms with E-state index in [1.807, 2.05) is 6.92 Å². The molecule has 2 unspecified atom stereocenters. The zero-order chi connectivity index (χ0) is 13.3. The smallest absolute Gasteiger partial charge is 0.125 e. The van der Waals surface area contributed by atoms with Gasteiger partial charge in [0.1, 0.15) is 5.82 Å². The van der Waals surface area contributed by atoms with Crippen LogP contribution in [-0.4, -0.2) is 18.8 Å². The minimum atomic E-state index is -0.223. The molecule has 1 N–H and O–H groups in total. The Kier molecular flexibility index (Phi) is 3.97. The highest BCUT2D eigenvalue weighted by Crippen LogP contribution is 2.45. The Labute approximate surface area is 116 Å². The Morgan fingerprint density at radius 2 is 2.22 bits per heavy atom. The number of rotatable bonds is 4. The number of ether oxygens (including phenoxy) is 1. The minimum absolute atomic E-state index is 0.0712. The van der Waals surface area contributed by atoms with Gasteiger partial charge in [-0.2, -0.15) is 0 Å². The molecule has 0 aliphatic heterocycles. The van der Waals surface area contributed by atoms with Gasteiger partial charge in [0.2, 0.25) is 0 Å². The van der Waals surface area contributed by atoms with Gasteiger partial charge in [0, 0.05) is 22.5 Å². The number of anilines is 1. The van der Waals surface area contributed by atoms with Crippen LogP contribution in [0.2, 0.25) is 0 Å². The van der Waals surface area contributed by atoms with Crippen molar-refractivity contribution >= 4 is 21.6 Å². The highest BCUT2D eigenvalue weighted by atomic mass is 79.9. The van der Waals surface area contributed by atoms with Gasteiger partial charge in [0.25, 0.3) is 0 Å². The average Bonchev–Trinajstić information content (AvgIpc) is 2.32. The molecule has 18 heavy (non-hydrogen) atoms. The van der Waals surface area contributed by atoms with Gasteiger partial charge in [0.15, 0.2) is 0 Å². The fourth-order valence-electron chi connectivity index (χ4n) is 2.41. The molecule has 2 nitrogen and oxygen atoms in total. The molecule has 0 radical (unpaired) electrons. The summed E-state index contributed by atoms with van der Waals surface area (Å²) in [6, 6.07) is 5.01. The molecule has 0 bridgehead atoms. The van der Waals surface area contributed by atoms with Crippen LogP contribution in [0, 0.1) is 11.2 Å². The van der Waals surface area contributed by atoms with E-state index in [0.29, 0.717) is 6.04 Å². The van der Waals surface area contributed by atoms with Crippen LogP contribution >= 0.6 is 15.9 Å². The average molecular weight is 316 g/mol. The summed E-state index contributed by atoms with van der Waals surface area (Å²) in [6.07, 6.45) is 1.25. The summed E-state index contributed by atoms with van der Waals surface area (Å²) in [6.45, 7) is 7.12. The van der Waals surface area contributed by atoms with Crippen LogP contribution in [0.3, 0.4) is 0 Å². The summed E-state index contributed by atoms with van der Waals surface area (Å²) in [5.41, 5.74) is 0.880. The Balaban J connectivity index is 2.05. The lowest BCUT2D eigenvalue weighted by atomic mass is 9.64. The zero-order valence-corrected chi connectivity index (χ0v) is 12.6. The highest BCUT2D eigenvalue weighted by Gasteiger charge is 2.48. The maximum absolute atomic E-state index is 13.2. The van der Waals surface area contributed by atoms with Gasteiger partial charge < -0.3 is 10.1 Å². The number of halogens is 2. The largest absolute Gasteiger partial charge is 0.381 e. The third-order valence-corrected chi connectivity index (χ3v) is 4.50. The molecule has 2 atom stereocenters. The van der Waals surface area contributed by atoms with E-state index in [-0.39, 0.29) is 17.3 Å². The van der Waals surface area contributed by atoms with Gasteiger partial charge in [-0.25, -0.2) is 4.39 Å². The van der Waals surface area contributed by atoms with Gasteiger partial charge in [0.05, 0.1) is 11.8 Å². The third kappa shape index (κ3) is 2.54. The van der Waals surface area contributed by atoms with Crippen molar-refractivity contribution in [2.45, 2.75) is 39.3 Å². The van der Waals surface area contributed by atoms with Crippen molar-refractivity contribution in [3.63, 3.8) is 0 Å². The van der Waals surface area contributed by atoms with Gasteiger partial charge in [-0.15, -0.1) is 0 Å². The fraction of sp³-hybridized carbons (Fsp3) is 0.571. The van der Waals surface area contributed by atoms with Crippen molar-refractivity contribution in [1.29, 1.82) is 0 Å². The van der Waals surface area contributed by atoms with Gasteiger partial charge in [-0.3, -0.25) is 0 Å².